The predicted octanol–water partition coefficient (Wildman–Crippen LogP) is 4.48. The van der Waals surface area contributed by atoms with Crippen LogP contribution in [0.25, 0.3) is 22.0 Å². The molecule has 0 atom stereocenters. The van der Waals surface area contributed by atoms with Gasteiger partial charge in [-0.1, -0.05) is 42.1 Å². The van der Waals surface area contributed by atoms with Crippen LogP contribution in [0.1, 0.15) is 10.4 Å². The second-order valence-corrected chi connectivity index (χ2v) is 6.60. The Balaban J connectivity index is 1.59. The zero-order chi connectivity index (χ0) is 18.1. The van der Waals surface area contributed by atoms with Gasteiger partial charge in [0.25, 0.3) is 0 Å². The van der Waals surface area contributed by atoms with Crippen LogP contribution in [0, 0.1) is 0 Å². The number of fused-ring (bicyclic) bond motifs is 1. The van der Waals surface area contributed by atoms with Crippen molar-refractivity contribution in [1.82, 2.24) is 4.98 Å². The van der Waals surface area contributed by atoms with Gasteiger partial charge in [-0.15, -0.1) is 11.3 Å². The molecule has 0 bridgehead atoms. The molecule has 0 aliphatic rings. The summed E-state index contributed by atoms with van der Waals surface area (Å²) in [5.41, 5.74) is 2.12. The third-order valence-electron chi connectivity index (χ3n) is 4.01. The van der Waals surface area contributed by atoms with E-state index in [2.05, 4.69) is 34.6 Å². The van der Waals surface area contributed by atoms with Gasteiger partial charge in [0.2, 0.25) is 0 Å². The van der Waals surface area contributed by atoms with Crippen molar-refractivity contribution in [2.75, 3.05) is 5.32 Å². The second-order valence-electron chi connectivity index (χ2n) is 5.74. The highest BCUT2D eigenvalue weighted by Gasteiger charge is 2.08. The number of hydrogen-bond donors (Lipinski definition) is 2. The number of carboxylic acid groups (broad SMARTS) is 1. The molecule has 0 unspecified atom stereocenters. The molecule has 1 heterocycles. The highest BCUT2D eigenvalue weighted by Crippen LogP contribution is 2.30. The Morgan fingerprint density at radius 3 is 2.62 bits per heavy atom. The van der Waals surface area contributed by atoms with Crippen molar-refractivity contribution in [3.05, 3.63) is 71.6 Å². The van der Waals surface area contributed by atoms with Crippen LogP contribution in [-0.2, 0) is 0 Å². The number of aromatic nitrogens is 1. The smallest absolute Gasteiger partial charge is 0.335 e. The van der Waals surface area contributed by atoms with Gasteiger partial charge in [0.1, 0.15) is 0 Å². The van der Waals surface area contributed by atoms with Crippen LogP contribution in [0.4, 0.5) is 10.8 Å². The van der Waals surface area contributed by atoms with E-state index in [1.165, 1.54) is 28.9 Å². The van der Waals surface area contributed by atoms with Gasteiger partial charge < -0.3 is 15.5 Å². The number of nitrogens with zero attached hydrogens (tertiary/aromatic N) is 1. The molecule has 0 saturated heterocycles. The zero-order valence-corrected chi connectivity index (χ0v) is 14.3. The van der Waals surface area contributed by atoms with E-state index in [1.807, 2.05) is 23.6 Å². The van der Waals surface area contributed by atoms with Crippen molar-refractivity contribution in [3.8, 4) is 17.0 Å². The average molecular weight is 361 g/mol. The van der Waals surface area contributed by atoms with Crippen molar-refractivity contribution in [2.24, 2.45) is 0 Å². The minimum absolute atomic E-state index is 0.244. The molecule has 4 rings (SSSR count). The first-order chi connectivity index (χ1) is 12.6. The maximum atomic E-state index is 11.8. The minimum atomic E-state index is -1.23. The van der Waals surface area contributed by atoms with Gasteiger partial charge in [-0.3, -0.25) is 0 Å². The van der Waals surface area contributed by atoms with Crippen LogP contribution in [0.2, 0.25) is 0 Å². The van der Waals surface area contributed by atoms with Crippen molar-refractivity contribution < 1.29 is 15.0 Å². The largest absolute Gasteiger partial charge is 0.872 e. The van der Waals surface area contributed by atoms with Gasteiger partial charge in [0.15, 0.2) is 5.13 Å². The molecule has 0 spiro atoms. The van der Waals surface area contributed by atoms with Gasteiger partial charge in [0, 0.05) is 16.6 Å². The van der Waals surface area contributed by atoms with Gasteiger partial charge >= 0.3 is 5.97 Å². The molecule has 128 valence electrons. The standard InChI is InChI=1S/C20H14N2O3S/c23-18-10-15(7-8-16(18)19(24)25)21-20-22-17(11-26-20)14-6-5-12-3-1-2-4-13(12)9-14/h1-11,23H,(H,21,22)(H,24,25)/p-1. The number of carboxylic acids is 1. The summed E-state index contributed by atoms with van der Waals surface area (Å²) in [5.74, 6) is -1.76. The van der Waals surface area contributed by atoms with Gasteiger partial charge in [-0.05, 0) is 35.0 Å². The molecule has 6 heteroatoms. The number of carbonyl (C=O) groups is 1. The fourth-order valence-electron chi connectivity index (χ4n) is 2.71. The van der Waals surface area contributed by atoms with Gasteiger partial charge in [-0.25, -0.2) is 9.78 Å². The van der Waals surface area contributed by atoms with Crippen molar-refractivity contribution >= 4 is 38.9 Å². The monoisotopic (exact) mass is 361 g/mol. The highest BCUT2D eigenvalue weighted by atomic mass is 32.1. The van der Waals surface area contributed by atoms with Gasteiger partial charge in [-0.2, -0.15) is 0 Å². The molecule has 3 aromatic carbocycles. The van der Waals surface area contributed by atoms with Crippen LogP contribution < -0.4 is 10.4 Å². The Morgan fingerprint density at radius 1 is 1.04 bits per heavy atom. The van der Waals surface area contributed by atoms with E-state index in [9.17, 15) is 9.90 Å². The van der Waals surface area contributed by atoms with Gasteiger partial charge in [0.05, 0.1) is 11.3 Å². The molecule has 0 amide bonds. The van der Waals surface area contributed by atoms with Crippen LogP contribution in [0.5, 0.6) is 5.75 Å². The molecule has 1 aromatic heterocycles. The average Bonchev–Trinajstić information content (AvgIpc) is 3.09. The quantitative estimate of drug-likeness (QED) is 0.560. The first-order valence-electron chi connectivity index (χ1n) is 7.86. The maximum absolute atomic E-state index is 11.8. The molecular weight excluding hydrogens is 348 g/mol. The summed E-state index contributed by atoms with van der Waals surface area (Å²) < 4.78 is 0. The molecular formula is C20H13N2O3S-. The molecule has 0 saturated carbocycles. The van der Waals surface area contributed by atoms with E-state index in [0.717, 1.165) is 16.6 Å². The lowest BCUT2D eigenvalue weighted by molar-refractivity contribution is -0.268. The number of rotatable bonds is 4. The van der Waals surface area contributed by atoms with E-state index >= 15 is 0 Å². The van der Waals surface area contributed by atoms with Crippen LogP contribution >= 0.6 is 11.3 Å². The molecule has 4 aromatic rings. The number of anilines is 2. The Labute approximate surface area is 153 Å². The Morgan fingerprint density at radius 2 is 1.85 bits per heavy atom. The zero-order valence-electron chi connectivity index (χ0n) is 13.5. The summed E-state index contributed by atoms with van der Waals surface area (Å²) in [6.45, 7) is 0. The first-order valence-corrected chi connectivity index (χ1v) is 8.74. The fraction of sp³-hybridized carbons (Fsp3) is 0. The summed E-state index contributed by atoms with van der Waals surface area (Å²) in [6, 6.07) is 18.4. The Bertz CT molecular complexity index is 1120. The number of aromatic carboxylic acids is 1. The fourth-order valence-corrected chi connectivity index (χ4v) is 3.45. The van der Waals surface area contributed by atoms with E-state index in [4.69, 9.17) is 5.11 Å². The lowest BCUT2D eigenvalue weighted by Crippen LogP contribution is -2.04. The maximum Gasteiger partial charge on any atom is 0.335 e. The number of hydrogen-bond acceptors (Lipinski definition) is 5. The van der Waals surface area contributed by atoms with E-state index in [-0.39, 0.29) is 5.56 Å². The Kier molecular flexibility index (Phi) is 4.02. The minimum Gasteiger partial charge on any atom is -0.872 e. The van der Waals surface area contributed by atoms with E-state index < -0.39 is 11.7 Å². The molecule has 0 fully saturated rings. The predicted molar refractivity (Wildman–Crippen MR) is 101 cm³/mol. The summed E-state index contributed by atoms with van der Waals surface area (Å²) in [6.07, 6.45) is 0. The Hall–Kier alpha value is -3.38. The van der Waals surface area contributed by atoms with Crippen molar-refractivity contribution in [1.29, 1.82) is 0 Å². The van der Waals surface area contributed by atoms with Crippen LogP contribution in [0.15, 0.2) is 66.0 Å². The highest BCUT2D eigenvalue weighted by molar-refractivity contribution is 7.14. The molecule has 0 aliphatic heterocycles. The summed E-state index contributed by atoms with van der Waals surface area (Å²) in [5, 5.41) is 28.7. The van der Waals surface area contributed by atoms with Crippen LogP contribution in [-0.4, -0.2) is 16.1 Å². The van der Waals surface area contributed by atoms with Crippen molar-refractivity contribution in [3.63, 3.8) is 0 Å². The number of benzene rings is 3. The first kappa shape index (κ1) is 16.1. The molecule has 2 N–H and O–H groups in total. The van der Waals surface area contributed by atoms with E-state index in [0.29, 0.717) is 10.8 Å². The summed E-state index contributed by atoms with van der Waals surface area (Å²) in [7, 11) is 0. The summed E-state index contributed by atoms with van der Waals surface area (Å²) >= 11 is 1.42. The number of nitrogens with one attached hydrogen (secondary N) is 1. The third kappa shape index (κ3) is 3.10. The third-order valence-corrected chi connectivity index (χ3v) is 4.77. The lowest BCUT2D eigenvalue weighted by Gasteiger charge is -2.12. The number of thiazole rings is 1. The molecule has 0 aliphatic carbocycles. The molecule has 5 nitrogen and oxygen atoms in total. The topological polar surface area (TPSA) is 85.3 Å². The SMILES string of the molecule is O=C(O)c1ccc(Nc2nc(-c3ccc4ccccc4c3)cs2)cc1[O-]. The molecule has 0 radical (unpaired) electrons. The second kappa shape index (κ2) is 6.50. The molecule has 26 heavy (non-hydrogen) atoms. The van der Waals surface area contributed by atoms with E-state index in [1.54, 1.807) is 6.07 Å². The summed E-state index contributed by atoms with van der Waals surface area (Å²) in [4.78, 5) is 15.5. The normalized spacial score (nSPS) is 10.8. The lowest BCUT2D eigenvalue weighted by atomic mass is 10.1. The van der Waals surface area contributed by atoms with Crippen LogP contribution in [0.3, 0.4) is 0 Å². The van der Waals surface area contributed by atoms with Crippen molar-refractivity contribution in [2.45, 2.75) is 0 Å².